The molecule has 1 rings (SSSR count). The minimum Gasteiger partial charge on any atom is -0.461 e. The van der Waals surface area contributed by atoms with Crippen LogP contribution in [0.25, 0.3) is 0 Å². The summed E-state index contributed by atoms with van der Waals surface area (Å²) >= 11 is 0. The molecule has 0 amide bonds. The van der Waals surface area contributed by atoms with Crippen LogP contribution >= 0.6 is 0 Å². The Kier molecular flexibility index (Phi) is 3.07. The van der Waals surface area contributed by atoms with E-state index >= 15 is 0 Å². The van der Waals surface area contributed by atoms with Crippen LogP contribution in [0, 0.1) is 13.8 Å². The quantitative estimate of drug-likeness (QED) is 0.650. The number of ether oxygens (including phenoxy) is 1. The standard InChI is InChI=1S/C11H14O2/c1-8-4-5-9(2)11(6-8)7-13-10(3)12/h4-6H,7H2,1-3H3. The van der Waals surface area contributed by atoms with Gasteiger partial charge in [0.2, 0.25) is 0 Å². The summed E-state index contributed by atoms with van der Waals surface area (Å²) in [7, 11) is 0. The highest BCUT2D eigenvalue weighted by Gasteiger charge is 2.00. The predicted molar refractivity (Wildman–Crippen MR) is 51.4 cm³/mol. The zero-order valence-corrected chi connectivity index (χ0v) is 8.26. The third kappa shape index (κ3) is 2.90. The Balaban J connectivity index is 2.75. The van der Waals surface area contributed by atoms with Gasteiger partial charge in [0, 0.05) is 6.92 Å². The van der Waals surface area contributed by atoms with Crippen molar-refractivity contribution in [2.24, 2.45) is 0 Å². The van der Waals surface area contributed by atoms with Gasteiger partial charge in [0.15, 0.2) is 0 Å². The molecule has 0 unspecified atom stereocenters. The fourth-order valence-electron chi connectivity index (χ4n) is 1.14. The Labute approximate surface area is 78.5 Å². The molecule has 1 aromatic rings. The monoisotopic (exact) mass is 178 g/mol. The number of hydrogen-bond donors (Lipinski definition) is 0. The van der Waals surface area contributed by atoms with Gasteiger partial charge in [0.25, 0.3) is 0 Å². The maximum Gasteiger partial charge on any atom is 0.302 e. The topological polar surface area (TPSA) is 26.3 Å². The zero-order chi connectivity index (χ0) is 9.84. The van der Waals surface area contributed by atoms with Gasteiger partial charge in [0.05, 0.1) is 0 Å². The van der Waals surface area contributed by atoms with Crippen molar-refractivity contribution in [3.8, 4) is 0 Å². The van der Waals surface area contributed by atoms with Crippen LogP contribution in [-0.2, 0) is 16.1 Å². The smallest absolute Gasteiger partial charge is 0.302 e. The van der Waals surface area contributed by atoms with E-state index in [4.69, 9.17) is 4.74 Å². The van der Waals surface area contributed by atoms with Crippen LogP contribution in [0.5, 0.6) is 0 Å². The summed E-state index contributed by atoms with van der Waals surface area (Å²) in [5, 5.41) is 0. The van der Waals surface area contributed by atoms with Crippen LogP contribution in [0.3, 0.4) is 0 Å². The summed E-state index contributed by atoms with van der Waals surface area (Å²) in [5.74, 6) is -0.235. The molecule has 0 saturated heterocycles. The van der Waals surface area contributed by atoms with Crippen molar-refractivity contribution in [2.75, 3.05) is 0 Å². The van der Waals surface area contributed by atoms with E-state index in [9.17, 15) is 4.79 Å². The molecule has 0 radical (unpaired) electrons. The van der Waals surface area contributed by atoms with Gasteiger partial charge >= 0.3 is 5.97 Å². The SMILES string of the molecule is CC(=O)OCc1cc(C)ccc1C. The second-order valence-electron chi connectivity index (χ2n) is 3.21. The highest BCUT2D eigenvalue weighted by Crippen LogP contribution is 2.11. The van der Waals surface area contributed by atoms with Crippen molar-refractivity contribution in [1.82, 2.24) is 0 Å². The largest absolute Gasteiger partial charge is 0.461 e. The second-order valence-corrected chi connectivity index (χ2v) is 3.21. The summed E-state index contributed by atoms with van der Waals surface area (Å²) in [6.45, 7) is 5.84. The average molecular weight is 178 g/mol. The second kappa shape index (κ2) is 4.08. The maximum absolute atomic E-state index is 10.6. The number of hydrogen-bond acceptors (Lipinski definition) is 2. The summed E-state index contributed by atoms with van der Waals surface area (Å²) in [4.78, 5) is 10.6. The molecular weight excluding hydrogens is 164 g/mol. The Bertz CT molecular complexity index is 316. The highest BCUT2D eigenvalue weighted by molar-refractivity contribution is 5.65. The van der Waals surface area contributed by atoms with E-state index in [2.05, 4.69) is 0 Å². The van der Waals surface area contributed by atoms with Crippen LogP contribution in [0.15, 0.2) is 18.2 Å². The molecule has 0 spiro atoms. The van der Waals surface area contributed by atoms with E-state index < -0.39 is 0 Å². The van der Waals surface area contributed by atoms with Gasteiger partial charge < -0.3 is 4.74 Å². The van der Waals surface area contributed by atoms with Gasteiger partial charge in [-0.05, 0) is 25.0 Å². The lowest BCUT2D eigenvalue weighted by Crippen LogP contribution is -2.00. The predicted octanol–water partition coefficient (Wildman–Crippen LogP) is 2.37. The van der Waals surface area contributed by atoms with Crippen molar-refractivity contribution in [3.05, 3.63) is 34.9 Å². The number of rotatable bonds is 2. The van der Waals surface area contributed by atoms with Crippen molar-refractivity contribution in [2.45, 2.75) is 27.4 Å². The molecule has 1 aromatic carbocycles. The number of benzene rings is 1. The van der Waals surface area contributed by atoms with Gasteiger partial charge in [-0.15, -0.1) is 0 Å². The average Bonchev–Trinajstić information content (AvgIpc) is 2.06. The Morgan fingerprint density at radius 1 is 1.38 bits per heavy atom. The Morgan fingerprint density at radius 3 is 2.69 bits per heavy atom. The lowest BCUT2D eigenvalue weighted by atomic mass is 10.1. The Hall–Kier alpha value is -1.31. The first-order valence-electron chi connectivity index (χ1n) is 4.29. The molecule has 0 aliphatic carbocycles. The molecule has 0 fully saturated rings. The third-order valence-electron chi connectivity index (χ3n) is 1.94. The third-order valence-corrected chi connectivity index (χ3v) is 1.94. The molecule has 0 aliphatic heterocycles. The van der Waals surface area contributed by atoms with Gasteiger partial charge in [0.1, 0.15) is 6.61 Å². The van der Waals surface area contributed by atoms with Gasteiger partial charge in [-0.3, -0.25) is 4.79 Å². The number of carbonyl (C=O) groups excluding carboxylic acids is 1. The van der Waals surface area contributed by atoms with Crippen LogP contribution < -0.4 is 0 Å². The molecule has 0 aliphatic rings. The molecule has 0 N–H and O–H groups in total. The molecule has 0 aromatic heterocycles. The fourth-order valence-corrected chi connectivity index (χ4v) is 1.14. The molecule has 2 nitrogen and oxygen atoms in total. The minimum absolute atomic E-state index is 0.235. The molecule has 0 atom stereocenters. The molecule has 0 bridgehead atoms. The highest BCUT2D eigenvalue weighted by atomic mass is 16.5. The van der Waals surface area contributed by atoms with Gasteiger partial charge in [-0.2, -0.15) is 0 Å². The van der Waals surface area contributed by atoms with Crippen molar-refractivity contribution in [3.63, 3.8) is 0 Å². The molecule has 0 heterocycles. The first-order valence-corrected chi connectivity index (χ1v) is 4.29. The lowest BCUT2D eigenvalue weighted by molar-refractivity contribution is -0.142. The Morgan fingerprint density at radius 2 is 2.08 bits per heavy atom. The lowest BCUT2D eigenvalue weighted by Gasteiger charge is -2.06. The zero-order valence-electron chi connectivity index (χ0n) is 8.26. The first-order chi connectivity index (χ1) is 6.09. The summed E-state index contributed by atoms with van der Waals surface area (Å²) in [6, 6.07) is 6.12. The minimum atomic E-state index is -0.235. The fraction of sp³-hybridized carbons (Fsp3) is 0.364. The van der Waals surface area contributed by atoms with Crippen LogP contribution in [0.2, 0.25) is 0 Å². The molecular formula is C11H14O2. The van der Waals surface area contributed by atoms with E-state index in [1.165, 1.54) is 12.5 Å². The number of esters is 1. The van der Waals surface area contributed by atoms with E-state index in [-0.39, 0.29) is 5.97 Å². The maximum atomic E-state index is 10.6. The van der Waals surface area contributed by atoms with Crippen LogP contribution in [0.4, 0.5) is 0 Å². The number of carbonyl (C=O) groups is 1. The number of aryl methyl sites for hydroxylation is 2. The van der Waals surface area contributed by atoms with Crippen molar-refractivity contribution in [1.29, 1.82) is 0 Å². The summed E-state index contributed by atoms with van der Waals surface area (Å²) in [6.07, 6.45) is 0. The molecule has 13 heavy (non-hydrogen) atoms. The van der Waals surface area contributed by atoms with E-state index in [1.54, 1.807) is 0 Å². The normalized spacial score (nSPS) is 9.77. The van der Waals surface area contributed by atoms with Gasteiger partial charge in [-0.1, -0.05) is 23.8 Å². The molecule has 0 saturated carbocycles. The van der Waals surface area contributed by atoms with E-state index in [1.807, 2.05) is 32.0 Å². The first kappa shape index (κ1) is 9.78. The van der Waals surface area contributed by atoms with Crippen molar-refractivity contribution >= 4 is 5.97 Å². The van der Waals surface area contributed by atoms with Gasteiger partial charge in [-0.25, -0.2) is 0 Å². The molecule has 70 valence electrons. The van der Waals surface area contributed by atoms with Crippen LogP contribution in [-0.4, -0.2) is 5.97 Å². The summed E-state index contributed by atoms with van der Waals surface area (Å²) < 4.78 is 4.92. The van der Waals surface area contributed by atoms with E-state index in [0.717, 1.165) is 11.1 Å². The van der Waals surface area contributed by atoms with E-state index in [0.29, 0.717) is 6.61 Å². The van der Waals surface area contributed by atoms with Crippen molar-refractivity contribution < 1.29 is 9.53 Å². The summed E-state index contributed by atoms with van der Waals surface area (Å²) in [5.41, 5.74) is 3.43. The molecule has 2 heteroatoms. The van der Waals surface area contributed by atoms with Crippen LogP contribution in [0.1, 0.15) is 23.6 Å².